The molecule has 1 saturated carbocycles. The Labute approximate surface area is 250 Å². The van der Waals surface area contributed by atoms with Gasteiger partial charge in [0.05, 0.1) is 11.1 Å². The molecule has 43 heavy (non-hydrogen) atoms. The summed E-state index contributed by atoms with van der Waals surface area (Å²) in [6.07, 6.45) is 1.21. The number of allylic oxidation sites excluding steroid dienone is 1. The summed E-state index contributed by atoms with van der Waals surface area (Å²) in [4.78, 5) is 43.5. The van der Waals surface area contributed by atoms with Crippen molar-refractivity contribution in [2.24, 2.45) is 16.7 Å². The molecule has 0 radical (unpaired) electrons. The highest BCUT2D eigenvalue weighted by molar-refractivity contribution is 5.90. The van der Waals surface area contributed by atoms with Crippen LogP contribution in [0.15, 0.2) is 66.5 Å². The van der Waals surface area contributed by atoms with Crippen LogP contribution in [0.3, 0.4) is 0 Å². The second-order valence-electron chi connectivity index (χ2n) is 12.8. The van der Waals surface area contributed by atoms with E-state index in [4.69, 9.17) is 18.9 Å². The van der Waals surface area contributed by atoms with Crippen molar-refractivity contribution in [1.29, 1.82) is 0 Å². The predicted molar refractivity (Wildman–Crippen MR) is 152 cm³/mol. The van der Waals surface area contributed by atoms with Gasteiger partial charge >= 0.3 is 17.9 Å². The molecule has 2 N–H and O–H groups in total. The van der Waals surface area contributed by atoms with Crippen molar-refractivity contribution < 1.29 is 43.5 Å². The number of nitrogens with zero attached hydrogens (tertiary/aromatic N) is 1. The molecule has 2 aromatic rings. The van der Waals surface area contributed by atoms with Crippen LogP contribution < -0.4 is 0 Å². The number of cyclic esters (lactones) is 1. The van der Waals surface area contributed by atoms with E-state index < -0.39 is 64.4 Å². The zero-order valence-electron chi connectivity index (χ0n) is 24.7. The third-order valence-electron chi connectivity index (χ3n) is 10.9. The Balaban J connectivity index is 1.49. The monoisotopic (exact) mass is 591 g/mol. The first-order valence-electron chi connectivity index (χ1n) is 14.7. The molecule has 10 heteroatoms. The van der Waals surface area contributed by atoms with Gasteiger partial charge in [0, 0.05) is 29.6 Å². The van der Waals surface area contributed by atoms with Crippen LogP contribution in [-0.2, 0) is 23.7 Å². The third-order valence-corrected chi connectivity index (χ3v) is 10.9. The number of aliphatic hydroxyl groups excluding tert-OH is 2. The molecule has 228 valence electrons. The van der Waals surface area contributed by atoms with Gasteiger partial charge in [-0.15, -0.1) is 0 Å². The van der Waals surface area contributed by atoms with Gasteiger partial charge in [-0.2, -0.15) is 0 Å². The summed E-state index contributed by atoms with van der Waals surface area (Å²) < 4.78 is 24.4. The summed E-state index contributed by atoms with van der Waals surface area (Å²) in [7, 11) is 0. The minimum atomic E-state index is -1.67. The molecule has 2 aliphatic heterocycles. The molecule has 2 saturated heterocycles. The number of ether oxygens (including phenoxy) is 4. The molecule has 2 aliphatic carbocycles. The fourth-order valence-corrected chi connectivity index (χ4v) is 8.20. The van der Waals surface area contributed by atoms with Gasteiger partial charge in [0.1, 0.15) is 36.1 Å². The van der Waals surface area contributed by atoms with Gasteiger partial charge in [0.25, 0.3) is 0 Å². The van der Waals surface area contributed by atoms with Crippen LogP contribution in [0.25, 0.3) is 0 Å². The Hall–Kier alpha value is -3.60. The highest BCUT2D eigenvalue weighted by Crippen LogP contribution is 2.68. The van der Waals surface area contributed by atoms with Crippen molar-refractivity contribution in [3.63, 3.8) is 0 Å². The van der Waals surface area contributed by atoms with E-state index in [1.807, 2.05) is 20.8 Å². The number of carbonyl (C=O) groups excluding carboxylic acids is 3. The number of benzene rings is 1. The van der Waals surface area contributed by atoms with Gasteiger partial charge in [0.15, 0.2) is 6.10 Å². The Bertz CT molecular complexity index is 1460. The maximum Gasteiger partial charge on any atom is 0.339 e. The van der Waals surface area contributed by atoms with Crippen LogP contribution in [0.4, 0.5) is 0 Å². The molecule has 1 aromatic heterocycles. The third kappa shape index (κ3) is 4.17. The average Bonchev–Trinajstić information content (AvgIpc) is 3.27. The van der Waals surface area contributed by atoms with E-state index in [0.717, 1.165) is 5.57 Å². The highest BCUT2D eigenvalue weighted by atomic mass is 16.6. The van der Waals surface area contributed by atoms with Crippen molar-refractivity contribution in [2.75, 3.05) is 6.61 Å². The Morgan fingerprint density at radius 1 is 1.00 bits per heavy atom. The predicted octanol–water partition coefficient (Wildman–Crippen LogP) is 3.41. The van der Waals surface area contributed by atoms with Crippen LogP contribution in [0.1, 0.15) is 67.7 Å². The standard InChI is InChI=1S/C33H37NO9/c1-19-10-8-14-22-30(19,2)26(42-27(37)20-11-6-5-7-12-20)24(35)32(4)31(22,3)23(41-28(38)21-13-9-15-34-17-21)16-33(43-32)18-40-29(39)25(33)36/h5-7,9-13,15,17,22-26,35-36H,8,14,16,18H2,1-4H3. The molecule has 0 bridgehead atoms. The summed E-state index contributed by atoms with van der Waals surface area (Å²) in [6.45, 7) is 7.26. The normalized spacial score (nSPS) is 40.1. The molecule has 6 rings (SSSR count). The van der Waals surface area contributed by atoms with E-state index in [1.165, 1.54) is 6.20 Å². The fraction of sp³-hybridized carbons (Fsp3) is 0.515. The zero-order valence-corrected chi connectivity index (χ0v) is 24.7. The van der Waals surface area contributed by atoms with E-state index in [0.29, 0.717) is 18.4 Å². The molecular formula is C33H37NO9. The van der Waals surface area contributed by atoms with Gasteiger partial charge < -0.3 is 29.2 Å². The second kappa shape index (κ2) is 10.2. The van der Waals surface area contributed by atoms with Crippen LogP contribution in [0.2, 0.25) is 0 Å². The molecule has 3 heterocycles. The molecular weight excluding hydrogens is 554 g/mol. The summed E-state index contributed by atoms with van der Waals surface area (Å²) in [5.74, 6) is -2.40. The van der Waals surface area contributed by atoms with Crippen LogP contribution in [0.5, 0.6) is 0 Å². The number of aliphatic hydroxyl groups is 2. The van der Waals surface area contributed by atoms with Gasteiger partial charge in [0.2, 0.25) is 0 Å². The van der Waals surface area contributed by atoms with Gasteiger partial charge in [-0.1, -0.05) is 43.7 Å². The number of aromatic nitrogens is 1. The van der Waals surface area contributed by atoms with E-state index >= 15 is 0 Å². The SMILES string of the molecule is CC1=CCCC2C1(C)C(OC(=O)c1ccccc1)C(O)C1(C)OC3(COC(=O)C3O)CC(OC(=O)c3cccnc3)C21C. The molecule has 9 atom stereocenters. The molecule has 9 unspecified atom stereocenters. The average molecular weight is 592 g/mol. The lowest BCUT2D eigenvalue weighted by atomic mass is 9.41. The largest absolute Gasteiger partial charge is 0.460 e. The summed E-state index contributed by atoms with van der Waals surface area (Å²) in [5.41, 5.74) is -3.60. The summed E-state index contributed by atoms with van der Waals surface area (Å²) in [5, 5.41) is 23.5. The maximum absolute atomic E-state index is 13.5. The first-order chi connectivity index (χ1) is 20.4. The molecule has 3 fully saturated rings. The molecule has 0 amide bonds. The minimum absolute atomic E-state index is 0.0471. The summed E-state index contributed by atoms with van der Waals surface area (Å²) in [6, 6.07) is 11.8. The van der Waals surface area contributed by atoms with Crippen LogP contribution in [0, 0.1) is 16.7 Å². The first kappa shape index (κ1) is 29.5. The number of carbonyl (C=O) groups is 3. The highest BCUT2D eigenvalue weighted by Gasteiger charge is 2.77. The van der Waals surface area contributed by atoms with E-state index in [9.17, 15) is 24.6 Å². The number of hydrogen-bond acceptors (Lipinski definition) is 10. The zero-order chi connectivity index (χ0) is 30.8. The lowest BCUT2D eigenvalue weighted by Crippen LogP contribution is -2.80. The van der Waals surface area contributed by atoms with E-state index in [2.05, 4.69) is 11.1 Å². The van der Waals surface area contributed by atoms with Gasteiger partial charge in [-0.05, 0) is 56.9 Å². The first-order valence-corrected chi connectivity index (χ1v) is 14.7. The van der Waals surface area contributed by atoms with Gasteiger partial charge in [-0.3, -0.25) is 4.98 Å². The molecule has 4 aliphatic rings. The quantitative estimate of drug-likeness (QED) is 0.309. The van der Waals surface area contributed by atoms with Crippen LogP contribution in [-0.4, -0.2) is 75.3 Å². The number of rotatable bonds is 4. The molecule has 1 aromatic carbocycles. The summed E-state index contributed by atoms with van der Waals surface area (Å²) >= 11 is 0. The van der Waals surface area contributed by atoms with E-state index in [1.54, 1.807) is 55.6 Å². The smallest absolute Gasteiger partial charge is 0.339 e. The van der Waals surface area contributed by atoms with Crippen molar-refractivity contribution in [1.82, 2.24) is 4.98 Å². The second-order valence-corrected chi connectivity index (χ2v) is 12.8. The molecule has 1 spiro atoms. The van der Waals surface area contributed by atoms with Crippen molar-refractivity contribution >= 4 is 17.9 Å². The van der Waals surface area contributed by atoms with Crippen molar-refractivity contribution in [2.45, 2.75) is 82.6 Å². The maximum atomic E-state index is 13.5. The Morgan fingerprint density at radius 3 is 2.35 bits per heavy atom. The van der Waals surface area contributed by atoms with Gasteiger partial charge in [-0.25, -0.2) is 14.4 Å². The number of esters is 3. The number of hydrogen-bond donors (Lipinski definition) is 2. The Morgan fingerprint density at radius 2 is 1.70 bits per heavy atom. The Kier molecular flexibility index (Phi) is 7.02. The lowest BCUT2D eigenvalue weighted by molar-refractivity contribution is -0.369. The van der Waals surface area contributed by atoms with Crippen molar-refractivity contribution in [3.05, 3.63) is 77.6 Å². The molecule has 10 nitrogen and oxygen atoms in total. The van der Waals surface area contributed by atoms with Crippen molar-refractivity contribution in [3.8, 4) is 0 Å². The fourth-order valence-electron chi connectivity index (χ4n) is 8.20. The topological polar surface area (TPSA) is 141 Å². The van der Waals surface area contributed by atoms with Crippen LogP contribution >= 0.6 is 0 Å². The lowest BCUT2D eigenvalue weighted by Gasteiger charge is -2.70. The number of fused-ring (bicyclic) bond motifs is 3. The van der Waals surface area contributed by atoms with E-state index in [-0.39, 0.29) is 24.5 Å². The number of pyridine rings is 1. The minimum Gasteiger partial charge on any atom is -0.460 e.